The lowest BCUT2D eigenvalue weighted by molar-refractivity contribution is -0.384. The number of rotatable bonds is 5. The van der Waals surface area contributed by atoms with Crippen molar-refractivity contribution in [3.05, 3.63) is 34.4 Å². The summed E-state index contributed by atoms with van der Waals surface area (Å²) in [7, 11) is -2.19. The lowest BCUT2D eigenvalue weighted by Gasteiger charge is -2.23. The molecule has 0 aromatic heterocycles. The molecule has 0 saturated carbocycles. The average Bonchev–Trinajstić information content (AvgIpc) is 2.81. The van der Waals surface area contributed by atoms with Crippen molar-refractivity contribution in [2.75, 3.05) is 20.1 Å². The van der Waals surface area contributed by atoms with Crippen molar-refractivity contribution in [3.63, 3.8) is 0 Å². The number of nitro groups is 1. The summed E-state index contributed by atoms with van der Waals surface area (Å²) in [6, 6.07) is 4.15. The van der Waals surface area contributed by atoms with Crippen LogP contribution in [0.4, 0.5) is 10.1 Å². The van der Waals surface area contributed by atoms with Crippen molar-refractivity contribution in [2.24, 2.45) is 0 Å². The summed E-state index contributed by atoms with van der Waals surface area (Å²) in [6.07, 6.45) is -1.05. The van der Waals surface area contributed by atoms with Gasteiger partial charge in [-0.3, -0.25) is 10.1 Å². The quantitative estimate of drug-likeness (QED) is 0.644. The largest absolute Gasteiger partial charge is 0.318 e. The Labute approximate surface area is 122 Å². The maximum Gasteiger partial charge on any atom is 0.269 e. The maximum atomic E-state index is 13.5. The summed E-state index contributed by atoms with van der Waals surface area (Å²) in [5.41, 5.74) is -0.189. The van der Waals surface area contributed by atoms with Gasteiger partial charge in [-0.05, 0) is 25.6 Å². The van der Waals surface area contributed by atoms with E-state index in [1.165, 1.54) is 12.1 Å². The standard InChI is InChI=1S/C12H16FN3O4S/c1-14-7-11-6-9(13)8-15(11)21(19,20)12-4-2-10(3-5-12)16(17)18/h2-5,9,11,14H,6-8H2,1H3/t9-,11-/m0/s1. The smallest absolute Gasteiger partial charge is 0.269 e. The Bertz CT molecular complexity index is 620. The van der Waals surface area contributed by atoms with Crippen LogP contribution < -0.4 is 5.32 Å². The zero-order valence-electron chi connectivity index (χ0n) is 11.4. The molecule has 0 radical (unpaired) electrons. The summed E-state index contributed by atoms with van der Waals surface area (Å²) in [5.74, 6) is 0. The van der Waals surface area contributed by atoms with Crippen molar-refractivity contribution in [2.45, 2.75) is 23.5 Å². The summed E-state index contributed by atoms with van der Waals surface area (Å²) in [6.45, 7) is 0.165. The summed E-state index contributed by atoms with van der Waals surface area (Å²) >= 11 is 0. The van der Waals surface area contributed by atoms with E-state index in [2.05, 4.69) is 5.32 Å². The normalized spacial score (nSPS) is 23.3. The van der Waals surface area contributed by atoms with Crippen LogP contribution in [0.2, 0.25) is 0 Å². The van der Waals surface area contributed by atoms with Crippen LogP contribution in [0.15, 0.2) is 29.2 Å². The van der Waals surface area contributed by atoms with E-state index in [-0.39, 0.29) is 23.5 Å². The van der Waals surface area contributed by atoms with Gasteiger partial charge in [0.1, 0.15) is 6.17 Å². The number of halogens is 1. The zero-order valence-corrected chi connectivity index (χ0v) is 12.2. The minimum Gasteiger partial charge on any atom is -0.318 e. The number of benzene rings is 1. The predicted octanol–water partition coefficient (Wildman–Crippen LogP) is 0.915. The highest BCUT2D eigenvalue weighted by molar-refractivity contribution is 7.89. The lowest BCUT2D eigenvalue weighted by Crippen LogP contribution is -2.40. The summed E-state index contributed by atoms with van der Waals surface area (Å²) < 4.78 is 39.7. The molecule has 2 rings (SSSR count). The number of likely N-dealkylation sites (N-methyl/N-ethyl adjacent to an activating group) is 1. The van der Waals surface area contributed by atoms with Crippen molar-refractivity contribution < 1.29 is 17.7 Å². The number of hydrogen-bond donors (Lipinski definition) is 1. The number of non-ortho nitro benzene ring substituents is 1. The van der Waals surface area contributed by atoms with E-state index >= 15 is 0 Å². The Kier molecular flexibility index (Phi) is 4.55. The van der Waals surface area contributed by atoms with Crippen LogP contribution in [0, 0.1) is 10.1 Å². The van der Waals surface area contributed by atoms with Crippen molar-refractivity contribution >= 4 is 15.7 Å². The van der Waals surface area contributed by atoms with E-state index in [9.17, 15) is 22.9 Å². The van der Waals surface area contributed by atoms with Gasteiger partial charge in [-0.25, -0.2) is 12.8 Å². The van der Waals surface area contributed by atoms with Gasteiger partial charge in [0.05, 0.1) is 9.82 Å². The molecular formula is C12H16FN3O4S. The molecular weight excluding hydrogens is 301 g/mol. The molecule has 0 amide bonds. The molecule has 116 valence electrons. The summed E-state index contributed by atoms with van der Waals surface area (Å²) in [4.78, 5) is 9.92. The van der Waals surface area contributed by atoms with Crippen LogP contribution in [0.1, 0.15) is 6.42 Å². The molecule has 1 fully saturated rings. The van der Waals surface area contributed by atoms with Gasteiger partial charge in [0.15, 0.2) is 0 Å². The van der Waals surface area contributed by atoms with Crippen LogP contribution in [-0.2, 0) is 10.0 Å². The Hall–Kier alpha value is -1.58. The molecule has 1 N–H and O–H groups in total. The molecule has 1 aliphatic heterocycles. The van der Waals surface area contributed by atoms with Crippen LogP contribution in [0.5, 0.6) is 0 Å². The molecule has 9 heteroatoms. The minimum atomic E-state index is -3.85. The number of alkyl halides is 1. The van der Waals surface area contributed by atoms with E-state index < -0.39 is 27.2 Å². The van der Waals surface area contributed by atoms with Gasteiger partial charge in [0, 0.05) is 31.3 Å². The van der Waals surface area contributed by atoms with Gasteiger partial charge in [0.2, 0.25) is 10.0 Å². The fraction of sp³-hybridized carbons (Fsp3) is 0.500. The van der Waals surface area contributed by atoms with Crippen LogP contribution in [0.25, 0.3) is 0 Å². The minimum absolute atomic E-state index is 0.0664. The lowest BCUT2D eigenvalue weighted by atomic mass is 10.2. The molecule has 0 unspecified atom stereocenters. The fourth-order valence-corrected chi connectivity index (χ4v) is 4.08. The highest BCUT2D eigenvalue weighted by Crippen LogP contribution is 2.28. The Morgan fingerprint density at radius 1 is 1.43 bits per heavy atom. The highest BCUT2D eigenvalue weighted by Gasteiger charge is 2.40. The second-order valence-corrected chi connectivity index (χ2v) is 6.76. The molecule has 0 aliphatic carbocycles. The Morgan fingerprint density at radius 2 is 2.05 bits per heavy atom. The molecule has 7 nitrogen and oxygen atoms in total. The first kappa shape index (κ1) is 15.8. The average molecular weight is 317 g/mol. The topological polar surface area (TPSA) is 92.6 Å². The van der Waals surface area contributed by atoms with E-state index in [0.29, 0.717) is 6.54 Å². The van der Waals surface area contributed by atoms with E-state index in [0.717, 1.165) is 16.4 Å². The molecule has 1 saturated heterocycles. The first-order chi connectivity index (χ1) is 9.86. The van der Waals surface area contributed by atoms with Gasteiger partial charge < -0.3 is 5.32 Å². The third kappa shape index (κ3) is 3.20. The first-order valence-corrected chi connectivity index (χ1v) is 7.85. The van der Waals surface area contributed by atoms with Crippen LogP contribution in [0.3, 0.4) is 0 Å². The van der Waals surface area contributed by atoms with Crippen molar-refractivity contribution in [3.8, 4) is 0 Å². The van der Waals surface area contributed by atoms with Crippen molar-refractivity contribution in [1.82, 2.24) is 9.62 Å². The van der Waals surface area contributed by atoms with Gasteiger partial charge in [-0.1, -0.05) is 0 Å². The van der Waals surface area contributed by atoms with Gasteiger partial charge in [-0.2, -0.15) is 4.31 Å². The van der Waals surface area contributed by atoms with Gasteiger partial charge in [0.25, 0.3) is 5.69 Å². The maximum absolute atomic E-state index is 13.5. The van der Waals surface area contributed by atoms with Crippen molar-refractivity contribution in [1.29, 1.82) is 0 Å². The fourth-order valence-electron chi connectivity index (χ4n) is 2.42. The molecule has 21 heavy (non-hydrogen) atoms. The molecule has 0 bridgehead atoms. The SMILES string of the molecule is CNC[C@@H]1C[C@H](F)CN1S(=O)(=O)c1ccc([N+](=O)[O-])cc1. The molecule has 1 aromatic carbocycles. The van der Waals surface area contributed by atoms with Crippen LogP contribution >= 0.6 is 0 Å². The van der Waals surface area contributed by atoms with Crippen LogP contribution in [-0.4, -0.2) is 50.0 Å². The third-order valence-corrected chi connectivity index (χ3v) is 5.34. The Balaban J connectivity index is 2.30. The number of nitro benzene ring substituents is 1. The number of nitrogens with one attached hydrogen (secondary N) is 1. The first-order valence-electron chi connectivity index (χ1n) is 6.41. The monoisotopic (exact) mass is 317 g/mol. The zero-order chi connectivity index (χ0) is 15.6. The predicted molar refractivity (Wildman–Crippen MR) is 74.2 cm³/mol. The molecule has 1 aromatic rings. The molecule has 1 aliphatic rings. The molecule has 1 heterocycles. The number of hydrogen-bond acceptors (Lipinski definition) is 5. The van der Waals surface area contributed by atoms with Gasteiger partial charge >= 0.3 is 0 Å². The third-order valence-electron chi connectivity index (χ3n) is 3.41. The van der Waals surface area contributed by atoms with E-state index in [1.54, 1.807) is 7.05 Å². The second kappa shape index (κ2) is 6.04. The van der Waals surface area contributed by atoms with Gasteiger partial charge in [-0.15, -0.1) is 0 Å². The molecule has 2 atom stereocenters. The molecule has 0 spiro atoms. The summed E-state index contributed by atoms with van der Waals surface area (Å²) in [5, 5.41) is 13.4. The number of nitrogens with zero attached hydrogens (tertiary/aromatic N) is 2. The Morgan fingerprint density at radius 3 is 2.57 bits per heavy atom. The highest BCUT2D eigenvalue weighted by atomic mass is 32.2. The second-order valence-electron chi connectivity index (χ2n) is 4.87. The number of sulfonamides is 1. The van der Waals surface area contributed by atoms with E-state index in [4.69, 9.17) is 0 Å². The van der Waals surface area contributed by atoms with E-state index in [1.807, 2.05) is 0 Å².